The van der Waals surface area contributed by atoms with E-state index in [0.717, 1.165) is 26.6 Å². The Kier molecular flexibility index (Phi) is 10.7. The number of benzene rings is 4. The highest BCUT2D eigenvalue weighted by Crippen LogP contribution is 2.30. The minimum Gasteiger partial charge on any atom is -0.357 e. The van der Waals surface area contributed by atoms with E-state index in [2.05, 4.69) is 5.32 Å². The van der Waals surface area contributed by atoms with Crippen molar-refractivity contribution < 1.29 is 18.0 Å². The van der Waals surface area contributed by atoms with Crippen molar-refractivity contribution in [2.75, 3.05) is 17.9 Å². The molecule has 10 heteroatoms. The second-order valence-corrected chi connectivity index (χ2v) is 13.3. The van der Waals surface area contributed by atoms with Crippen LogP contribution < -0.4 is 9.62 Å². The molecule has 0 radical (unpaired) electrons. The van der Waals surface area contributed by atoms with Crippen LogP contribution in [0.1, 0.15) is 27.8 Å². The van der Waals surface area contributed by atoms with E-state index in [1.54, 1.807) is 42.5 Å². The van der Waals surface area contributed by atoms with Crippen molar-refractivity contribution in [3.63, 3.8) is 0 Å². The van der Waals surface area contributed by atoms with E-state index in [1.807, 2.05) is 57.2 Å². The van der Waals surface area contributed by atoms with E-state index >= 15 is 0 Å². The fraction of sp³-hybridized carbons (Fsp3) is 0.235. The van der Waals surface area contributed by atoms with Gasteiger partial charge in [-0.15, -0.1) is 0 Å². The first-order chi connectivity index (χ1) is 20.9. The van der Waals surface area contributed by atoms with Gasteiger partial charge in [-0.1, -0.05) is 83.4 Å². The van der Waals surface area contributed by atoms with Crippen molar-refractivity contribution in [3.8, 4) is 0 Å². The lowest BCUT2D eigenvalue weighted by Crippen LogP contribution is -2.53. The number of amides is 2. The lowest BCUT2D eigenvalue weighted by molar-refractivity contribution is -0.139. The maximum Gasteiger partial charge on any atom is 0.264 e. The molecule has 7 nitrogen and oxygen atoms in total. The third kappa shape index (κ3) is 7.62. The van der Waals surface area contributed by atoms with Crippen LogP contribution >= 0.6 is 23.2 Å². The van der Waals surface area contributed by atoms with Gasteiger partial charge in [-0.05, 0) is 73.9 Å². The Morgan fingerprint density at radius 1 is 0.818 bits per heavy atom. The molecule has 0 bridgehead atoms. The molecule has 0 aliphatic carbocycles. The Labute approximate surface area is 269 Å². The van der Waals surface area contributed by atoms with Gasteiger partial charge < -0.3 is 10.2 Å². The number of anilines is 1. The topological polar surface area (TPSA) is 86.8 Å². The second kappa shape index (κ2) is 14.3. The number of carbonyl (C=O) groups excluding carboxylic acids is 2. The zero-order valence-corrected chi connectivity index (χ0v) is 27.4. The number of aryl methyl sites for hydroxylation is 3. The zero-order valence-electron chi connectivity index (χ0n) is 25.1. The molecule has 0 unspecified atom stereocenters. The summed E-state index contributed by atoms with van der Waals surface area (Å²) in [6.07, 6.45) is 0.183. The predicted octanol–water partition coefficient (Wildman–Crippen LogP) is 6.50. The molecule has 0 saturated heterocycles. The summed E-state index contributed by atoms with van der Waals surface area (Å²) in [5, 5.41) is 3.31. The minimum atomic E-state index is -4.20. The molecule has 0 fully saturated rings. The molecule has 1 atom stereocenters. The number of sulfonamides is 1. The number of likely N-dealkylation sites (N-methyl/N-ethyl adjacent to an activating group) is 1. The van der Waals surface area contributed by atoms with Gasteiger partial charge in [0.25, 0.3) is 10.0 Å². The summed E-state index contributed by atoms with van der Waals surface area (Å²) in [5.74, 6) is -1.01. The molecular weight excluding hydrogens is 617 g/mol. The number of nitrogens with zero attached hydrogens (tertiary/aromatic N) is 2. The van der Waals surface area contributed by atoms with Gasteiger partial charge in [0, 0.05) is 35.6 Å². The van der Waals surface area contributed by atoms with Crippen molar-refractivity contribution in [1.82, 2.24) is 10.2 Å². The third-order valence-electron chi connectivity index (χ3n) is 7.57. The van der Waals surface area contributed by atoms with Gasteiger partial charge in [-0.2, -0.15) is 0 Å². The smallest absolute Gasteiger partial charge is 0.264 e. The van der Waals surface area contributed by atoms with Crippen molar-refractivity contribution in [1.29, 1.82) is 0 Å². The lowest BCUT2D eigenvalue weighted by Gasteiger charge is -2.34. The first-order valence-corrected chi connectivity index (χ1v) is 16.3. The SMILES string of the molecule is CNC(=O)[C@@H](Cc1ccccc1)N(Cc1c(Cl)cccc1Cl)C(=O)CN(c1ccc(C)c(C)c1)S(=O)(=O)c1ccc(C)cc1. The highest BCUT2D eigenvalue weighted by atomic mass is 35.5. The molecule has 0 saturated carbocycles. The maximum atomic E-state index is 14.4. The number of hydrogen-bond donors (Lipinski definition) is 1. The van der Waals surface area contributed by atoms with Crippen LogP contribution in [0.5, 0.6) is 0 Å². The summed E-state index contributed by atoms with van der Waals surface area (Å²) in [5.41, 5.74) is 4.34. The highest BCUT2D eigenvalue weighted by Gasteiger charge is 2.35. The molecule has 44 heavy (non-hydrogen) atoms. The molecule has 2 amide bonds. The van der Waals surface area contributed by atoms with Gasteiger partial charge in [-0.3, -0.25) is 13.9 Å². The quantitative estimate of drug-likeness (QED) is 0.201. The number of carbonyl (C=O) groups is 2. The number of hydrogen-bond acceptors (Lipinski definition) is 4. The first-order valence-electron chi connectivity index (χ1n) is 14.1. The van der Waals surface area contributed by atoms with Crippen molar-refractivity contribution in [3.05, 3.63) is 129 Å². The van der Waals surface area contributed by atoms with Crippen molar-refractivity contribution in [2.24, 2.45) is 0 Å². The molecule has 4 aromatic carbocycles. The second-order valence-electron chi connectivity index (χ2n) is 10.6. The average molecular weight is 653 g/mol. The Morgan fingerprint density at radius 3 is 2.05 bits per heavy atom. The molecule has 0 aliphatic rings. The van der Waals surface area contributed by atoms with Crippen molar-refractivity contribution in [2.45, 2.75) is 44.7 Å². The number of rotatable bonds is 11. The van der Waals surface area contributed by atoms with Crippen LogP contribution in [0.3, 0.4) is 0 Å². The van der Waals surface area contributed by atoms with Gasteiger partial charge >= 0.3 is 0 Å². The minimum absolute atomic E-state index is 0.0435. The summed E-state index contributed by atoms with van der Waals surface area (Å²) in [6, 6.07) is 25.0. The van der Waals surface area contributed by atoms with Gasteiger partial charge in [-0.25, -0.2) is 8.42 Å². The van der Waals surface area contributed by atoms with Crippen LogP contribution in [0.15, 0.2) is 95.9 Å². The fourth-order valence-corrected chi connectivity index (χ4v) is 6.74. The number of nitrogens with one attached hydrogen (secondary N) is 1. The largest absolute Gasteiger partial charge is 0.357 e. The average Bonchev–Trinajstić information content (AvgIpc) is 3.00. The summed E-state index contributed by atoms with van der Waals surface area (Å²) in [6.45, 7) is 4.99. The molecule has 0 heterocycles. The van der Waals surface area contributed by atoms with Crippen molar-refractivity contribution >= 4 is 50.7 Å². The van der Waals surface area contributed by atoms with Crippen LogP contribution in [0.4, 0.5) is 5.69 Å². The molecule has 0 aliphatic heterocycles. The van der Waals surface area contributed by atoms with Crippen LogP contribution in [-0.4, -0.2) is 44.8 Å². The summed E-state index contributed by atoms with van der Waals surface area (Å²) in [4.78, 5) is 29.3. The third-order valence-corrected chi connectivity index (χ3v) is 10.1. The summed E-state index contributed by atoms with van der Waals surface area (Å²) in [7, 11) is -2.70. The van der Waals surface area contributed by atoms with Crippen LogP contribution in [-0.2, 0) is 32.6 Å². The fourth-order valence-electron chi connectivity index (χ4n) is 4.82. The van der Waals surface area contributed by atoms with E-state index in [9.17, 15) is 18.0 Å². The molecule has 4 aromatic rings. The van der Waals surface area contributed by atoms with E-state index in [1.165, 1.54) is 24.1 Å². The summed E-state index contributed by atoms with van der Waals surface area (Å²) >= 11 is 13.1. The Morgan fingerprint density at radius 2 is 1.45 bits per heavy atom. The molecule has 4 rings (SSSR count). The standard InChI is InChI=1S/C34H35Cl2N3O4S/c1-23-13-17-28(18-14-23)44(42,43)39(27-16-15-24(2)25(3)19-27)22-33(40)38(21-29-30(35)11-8-12-31(29)36)32(34(41)37-4)20-26-9-6-5-7-10-26/h5-19,32H,20-22H2,1-4H3,(H,37,41)/t32-/m1/s1. The van der Waals surface area contributed by atoms with E-state index < -0.39 is 34.4 Å². The monoisotopic (exact) mass is 651 g/mol. The molecule has 0 aromatic heterocycles. The van der Waals surface area contributed by atoms with E-state index in [4.69, 9.17) is 23.2 Å². The highest BCUT2D eigenvalue weighted by molar-refractivity contribution is 7.92. The molecule has 0 spiro atoms. The Bertz CT molecular complexity index is 1730. The molecule has 1 N–H and O–H groups in total. The lowest BCUT2D eigenvalue weighted by atomic mass is 10.0. The van der Waals surface area contributed by atoms with Crippen LogP contribution in [0, 0.1) is 20.8 Å². The van der Waals surface area contributed by atoms with E-state index in [0.29, 0.717) is 21.3 Å². The van der Waals surface area contributed by atoms with Gasteiger partial charge in [0.2, 0.25) is 11.8 Å². The predicted molar refractivity (Wildman–Crippen MR) is 177 cm³/mol. The van der Waals surface area contributed by atoms with Gasteiger partial charge in [0.15, 0.2) is 0 Å². The zero-order chi connectivity index (χ0) is 32.0. The Balaban J connectivity index is 1.84. The maximum absolute atomic E-state index is 14.4. The first kappa shape index (κ1) is 33.1. The van der Waals surface area contributed by atoms with Gasteiger partial charge in [0.1, 0.15) is 12.6 Å². The molecule has 230 valence electrons. The van der Waals surface area contributed by atoms with Crippen LogP contribution in [0.2, 0.25) is 10.0 Å². The normalized spacial score (nSPS) is 12.0. The van der Waals surface area contributed by atoms with Crippen LogP contribution in [0.25, 0.3) is 0 Å². The summed E-state index contributed by atoms with van der Waals surface area (Å²) < 4.78 is 29.4. The van der Waals surface area contributed by atoms with Gasteiger partial charge in [0.05, 0.1) is 10.6 Å². The molecular formula is C34H35Cl2N3O4S. The van der Waals surface area contributed by atoms with E-state index in [-0.39, 0.29) is 17.9 Å². The Hall–Kier alpha value is -3.85. The number of halogens is 2.